The van der Waals surface area contributed by atoms with Crippen molar-refractivity contribution >= 4 is 23.0 Å². The predicted molar refractivity (Wildman–Crippen MR) is 97.1 cm³/mol. The molecule has 0 fully saturated rings. The van der Waals surface area contributed by atoms with Gasteiger partial charge in [0.05, 0.1) is 22.7 Å². The van der Waals surface area contributed by atoms with Gasteiger partial charge in [-0.05, 0) is 24.3 Å². The van der Waals surface area contributed by atoms with E-state index in [1.165, 1.54) is 43.6 Å². The van der Waals surface area contributed by atoms with Gasteiger partial charge in [0.1, 0.15) is 0 Å². The summed E-state index contributed by atoms with van der Waals surface area (Å²) in [6, 6.07) is 12.0. The molecular weight excluding hydrogens is 354 g/mol. The van der Waals surface area contributed by atoms with Crippen molar-refractivity contribution in [2.24, 2.45) is 0 Å². The number of aromatic nitrogens is 2. The van der Waals surface area contributed by atoms with Crippen LogP contribution in [0.5, 0.6) is 5.75 Å². The maximum atomic E-state index is 11.2. The fourth-order valence-corrected chi connectivity index (χ4v) is 2.40. The number of rotatable bonds is 6. The lowest BCUT2D eigenvalue weighted by Crippen LogP contribution is -1.99. The number of anilines is 2. The van der Waals surface area contributed by atoms with Gasteiger partial charge in [-0.15, -0.1) is 0 Å². The molecule has 10 nitrogen and oxygen atoms in total. The minimum absolute atomic E-state index is 0.0677. The molecule has 0 radical (unpaired) electrons. The quantitative estimate of drug-likeness (QED) is 0.515. The first-order valence-corrected chi connectivity index (χ1v) is 7.65. The van der Waals surface area contributed by atoms with Crippen LogP contribution >= 0.6 is 0 Å². The van der Waals surface area contributed by atoms with Crippen LogP contribution in [0.3, 0.4) is 0 Å². The van der Waals surface area contributed by atoms with Gasteiger partial charge in [0.15, 0.2) is 5.75 Å². The molecule has 0 spiro atoms. The summed E-state index contributed by atoms with van der Waals surface area (Å²) in [6.45, 7) is 0. The molecule has 27 heavy (non-hydrogen) atoms. The molecule has 0 saturated carbocycles. The second kappa shape index (κ2) is 7.44. The van der Waals surface area contributed by atoms with Crippen molar-refractivity contribution in [3.05, 3.63) is 75.0 Å². The maximum Gasteiger partial charge on any atom is 0.311 e. The third kappa shape index (κ3) is 3.95. The van der Waals surface area contributed by atoms with Gasteiger partial charge >= 0.3 is 5.69 Å². The minimum Gasteiger partial charge on any atom is -0.490 e. The van der Waals surface area contributed by atoms with Crippen molar-refractivity contribution in [3.8, 4) is 17.0 Å². The molecule has 2 aromatic carbocycles. The van der Waals surface area contributed by atoms with Gasteiger partial charge in [-0.1, -0.05) is 6.07 Å². The Balaban J connectivity index is 1.92. The summed E-state index contributed by atoms with van der Waals surface area (Å²) < 4.78 is 4.99. The summed E-state index contributed by atoms with van der Waals surface area (Å²) >= 11 is 0. The monoisotopic (exact) mass is 367 g/mol. The van der Waals surface area contributed by atoms with Crippen LogP contribution < -0.4 is 10.1 Å². The highest BCUT2D eigenvalue weighted by molar-refractivity contribution is 5.67. The first-order chi connectivity index (χ1) is 13.0. The molecule has 1 aromatic heterocycles. The largest absolute Gasteiger partial charge is 0.490 e. The molecule has 3 rings (SSSR count). The number of benzene rings is 2. The maximum absolute atomic E-state index is 11.2. The van der Waals surface area contributed by atoms with Crippen LogP contribution in [0.15, 0.2) is 54.7 Å². The standard InChI is InChI=1S/C17H13N5O5/c1-27-16-6-5-11(9-15(16)22(25)26)14-7-8-18-17(20-14)19-12-3-2-4-13(10-12)21(23)24/h2-10H,1H3,(H,18,19,20). The highest BCUT2D eigenvalue weighted by Crippen LogP contribution is 2.31. The van der Waals surface area contributed by atoms with Gasteiger partial charge in [-0.2, -0.15) is 0 Å². The van der Waals surface area contributed by atoms with E-state index in [4.69, 9.17) is 4.74 Å². The van der Waals surface area contributed by atoms with E-state index in [-0.39, 0.29) is 23.1 Å². The summed E-state index contributed by atoms with van der Waals surface area (Å²) in [5, 5.41) is 24.9. The van der Waals surface area contributed by atoms with Gasteiger partial charge in [-0.25, -0.2) is 9.97 Å². The third-order valence-corrected chi connectivity index (χ3v) is 3.64. The average molecular weight is 367 g/mol. The summed E-state index contributed by atoms with van der Waals surface area (Å²) in [5.74, 6) is 0.346. The Hall–Kier alpha value is -4.08. The minimum atomic E-state index is -0.536. The fraction of sp³-hybridized carbons (Fsp3) is 0.0588. The molecule has 1 N–H and O–H groups in total. The van der Waals surface area contributed by atoms with Crippen molar-refractivity contribution in [3.63, 3.8) is 0 Å². The number of nitrogens with zero attached hydrogens (tertiary/aromatic N) is 4. The van der Waals surface area contributed by atoms with Crippen molar-refractivity contribution in [2.45, 2.75) is 0 Å². The Bertz CT molecular complexity index is 1020. The topological polar surface area (TPSA) is 133 Å². The van der Waals surface area contributed by atoms with Crippen LogP contribution in [-0.4, -0.2) is 26.9 Å². The van der Waals surface area contributed by atoms with Crippen LogP contribution in [0.25, 0.3) is 11.3 Å². The number of ether oxygens (including phenoxy) is 1. The number of methoxy groups -OCH3 is 1. The number of nitrogens with one attached hydrogen (secondary N) is 1. The summed E-state index contributed by atoms with van der Waals surface area (Å²) in [7, 11) is 1.35. The van der Waals surface area contributed by atoms with E-state index in [0.29, 0.717) is 16.9 Å². The second-order valence-corrected chi connectivity index (χ2v) is 5.34. The molecule has 0 bridgehead atoms. The lowest BCUT2D eigenvalue weighted by Gasteiger charge is -2.08. The van der Waals surface area contributed by atoms with Crippen LogP contribution in [0.1, 0.15) is 0 Å². The molecule has 0 aliphatic heterocycles. The normalized spacial score (nSPS) is 10.3. The molecule has 0 saturated heterocycles. The van der Waals surface area contributed by atoms with Gasteiger partial charge in [0.25, 0.3) is 5.69 Å². The zero-order chi connectivity index (χ0) is 19.4. The molecule has 0 atom stereocenters. The lowest BCUT2D eigenvalue weighted by molar-refractivity contribution is -0.385. The van der Waals surface area contributed by atoms with Crippen molar-refractivity contribution in [1.82, 2.24) is 9.97 Å². The van der Waals surface area contributed by atoms with E-state index in [2.05, 4.69) is 15.3 Å². The molecule has 3 aromatic rings. The predicted octanol–water partition coefficient (Wildman–Crippen LogP) is 3.71. The molecule has 136 valence electrons. The highest BCUT2D eigenvalue weighted by Gasteiger charge is 2.16. The molecule has 0 amide bonds. The summed E-state index contributed by atoms with van der Waals surface area (Å²) in [4.78, 5) is 29.4. The smallest absolute Gasteiger partial charge is 0.311 e. The Kier molecular flexibility index (Phi) is 4.88. The van der Waals surface area contributed by atoms with E-state index in [1.54, 1.807) is 18.2 Å². The Morgan fingerprint density at radius 1 is 1.04 bits per heavy atom. The zero-order valence-electron chi connectivity index (χ0n) is 14.0. The SMILES string of the molecule is COc1ccc(-c2ccnc(Nc3cccc([N+](=O)[O-])c3)n2)cc1[N+](=O)[O-]. The average Bonchev–Trinajstić information content (AvgIpc) is 2.67. The van der Waals surface area contributed by atoms with E-state index in [0.717, 1.165) is 0 Å². The van der Waals surface area contributed by atoms with Gasteiger partial charge in [0, 0.05) is 35.6 Å². The van der Waals surface area contributed by atoms with Gasteiger partial charge in [0.2, 0.25) is 5.95 Å². The van der Waals surface area contributed by atoms with E-state index in [9.17, 15) is 20.2 Å². The first kappa shape index (κ1) is 17.7. The number of non-ortho nitro benzene ring substituents is 1. The van der Waals surface area contributed by atoms with Crippen LogP contribution in [0.4, 0.5) is 23.0 Å². The van der Waals surface area contributed by atoms with Gasteiger partial charge < -0.3 is 10.1 Å². The van der Waals surface area contributed by atoms with E-state index in [1.807, 2.05) is 0 Å². The summed E-state index contributed by atoms with van der Waals surface area (Å²) in [5.41, 5.74) is 1.15. The van der Waals surface area contributed by atoms with Gasteiger partial charge in [-0.3, -0.25) is 20.2 Å². The molecular formula is C17H13N5O5. The molecule has 0 aliphatic rings. The zero-order valence-corrected chi connectivity index (χ0v) is 14.0. The molecule has 10 heteroatoms. The molecule has 0 unspecified atom stereocenters. The Morgan fingerprint density at radius 2 is 1.85 bits per heavy atom. The highest BCUT2D eigenvalue weighted by atomic mass is 16.6. The molecule has 0 aliphatic carbocycles. The second-order valence-electron chi connectivity index (χ2n) is 5.34. The fourth-order valence-electron chi connectivity index (χ4n) is 2.40. The Morgan fingerprint density at radius 3 is 2.56 bits per heavy atom. The first-order valence-electron chi connectivity index (χ1n) is 7.65. The number of hydrogen-bond acceptors (Lipinski definition) is 8. The number of hydrogen-bond donors (Lipinski definition) is 1. The number of nitro benzene ring substituents is 2. The Labute approximate surface area is 152 Å². The lowest BCUT2D eigenvalue weighted by atomic mass is 10.1. The van der Waals surface area contributed by atoms with Crippen LogP contribution in [0.2, 0.25) is 0 Å². The van der Waals surface area contributed by atoms with Crippen molar-refractivity contribution in [2.75, 3.05) is 12.4 Å². The van der Waals surface area contributed by atoms with E-state index < -0.39 is 9.85 Å². The van der Waals surface area contributed by atoms with E-state index >= 15 is 0 Å². The van der Waals surface area contributed by atoms with Crippen LogP contribution in [0, 0.1) is 20.2 Å². The van der Waals surface area contributed by atoms with Crippen molar-refractivity contribution in [1.29, 1.82) is 0 Å². The third-order valence-electron chi connectivity index (χ3n) is 3.64. The number of nitro groups is 2. The molecule has 1 heterocycles. The van der Waals surface area contributed by atoms with Crippen LogP contribution in [-0.2, 0) is 0 Å². The van der Waals surface area contributed by atoms with Crippen molar-refractivity contribution < 1.29 is 14.6 Å². The summed E-state index contributed by atoms with van der Waals surface area (Å²) in [6.07, 6.45) is 1.48.